The van der Waals surface area contributed by atoms with Crippen LogP contribution in [0.1, 0.15) is 11.5 Å². The van der Waals surface area contributed by atoms with Crippen LogP contribution in [0, 0.1) is 0 Å². The number of nitrogens with two attached hydrogens (primary N) is 1. The van der Waals surface area contributed by atoms with Crippen molar-refractivity contribution >= 4 is 11.3 Å². The van der Waals surface area contributed by atoms with E-state index in [0.717, 1.165) is 16.2 Å². The molecule has 2 N–H and O–H groups in total. The molecule has 6 heteroatoms. The highest BCUT2D eigenvalue weighted by molar-refractivity contribution is 7.13. The molecule has 0 fully saturated rings. The fraction of sp³-hybridized carbons (Fsp3) is 0.143. The van der Waals surface area contributed by atoms with Gasteiger partial charge in [-0.05, 0) is 29.1 Å². The smallest absolute Gasteiger partial charge is 0.264 e. The number of aromatic nitrogens is 2. The minimum Gasteiger partial charge on any atom is -0.484 e. The summed E-state index contributed by atoms with van der Waals surface area (Å²) in [5.41, 5.74) is 6.61. The molecule has 2 aromatic heterocycles. The molecule has 0 unspecified atom stereocenters. The lowest BCUT2D eigenvalue weighted by molar-refractivity contribution is 0.243. The predicted molar refractivity (Wildman–Crippen MR) is 76.3 cm³/mol. The van der Waals surface area contributed by atoms with E-state index in [0.29, 0.717) is 18.3 Å². The van der Waals surface area contributed by atoms with Gasteiger partial charge in [0.2, 0.25) is 5.82 Å². The first-order valence-corrected chi connectivity index (χ1v) is 7.01. The maximum absolute atomic E-state index is 5.59. The summed E-state index contributed by atoms with van der Waals surface area (Å²) in [4.78, 5) is 5.27. The molecular weight excluding hydrogens is 274 g/mol. The van der Waals surface area contributed by atoms with E-state index >= 15 is 0 Å². The van der Waals surface area contributed by atoms with Crippen LogP contribution in [0.4, 0.5) is 0 Å². The summed E-state index contributed by atoms with van der Waals surface area (Å²) in [6, 6.07) is 11.5. The van der Waals surface area contributed by atoms with Crippen LogP contribution in [0.3, 0.4) is 0 Å². The summed E-state index contributed by atoms with van der Waals surface area (Å²) in [5.74, 6) is 1.80. The SMILES string of the molecule is NCc1ccc(OCc2nc(-c3cccs3)no2)cc1. The van der Waals surface area contributed by atoms with E-state index in [2.05, 4.69) is 10.1 Å². The number of ether oxygens (including phenoxy) is 1. The normalized spacial score (nSPS) is 10.7. The Balaban J connectivity index is 1.63. The van der Waals surface area contributed by atoms with Crippen LogP contribution in [0.25, 0.3) is 10.7 Å². The Morgan fingerprint density at radius 2 is 2.05 bits per heavy atom. The third-order valence-electron chi connectivity index (χ3n) is 2.73. The first-order chi connectivity index (χ1) is 9.85. The minimum absolute atomic E-state index is 0.250. The second kappa shape index (κ2) is 5.85. The minimum atomic E-state index is 0.250. The van der Waals surface area contributed by atoms with Crippen molar-refractivity contribution in [3.8, 4) is 16.5 Å². The van der Waals surface area contributed by atoms with E-state index in [4.69, 9.17) is 15.0 Å². The van der Waals surface area contributed by atoms with Gasteiger partial charge in [0.15, 0.2) is 6.61 Å². The molecule has 3 aromatic rings. The van der Waals surface area contributed by atoms with Gasteiger partial charge in [0, 0.05) is 6.54 Å². The third kappa shape index (κ3) is 2.87. The van der Waals surface area contributed by atoms with Gasteiger partial charge >= 0.3 is 0 Å². The van der Waals surface area contributed by atoms with Crippen LogP contribution in [0.15, 0.2) is 46.3 Å². The molecular formula is C14H13N3O2S. The highest BCUT2D eigenvalue weighted by Gasteiger charge is 2.09. The highest BCUT2D eigenvalue weighted by Crippen LogP contribution is 2.21. The van der Waals surface area contributed by atoms with Crippen molar-refractivity contribution in [2.45, 2.75) is 13.2 Å². The van der Waals surface area contributed by atoms with Gasteiger partial charge in [-0.1, -0.05) is 23.4 Å². The Morgan fingerprint density at radius 1 is 1.20 bits per heavy atom. The number of hydrogen-bond acceptors (Lipinski definition) is 6. The fourth-order valence-corrected chi connectivity index (χ4v) is 2.34. The van der Waals surface area contributed by atoms with Gasteiger partial charge in [-0.25, -0.2) is 0 Å². The van der Waals surface area contributed by atoms with Crippen molar-refractivity contribution < 1.29 is 9.26 Å². The quantitative estimate of drug-likeness (QED) is 0.781. The van der Waals surface area contributed by atoms with Crippen LogP contribution in [0.5, 0.6) is 5.75 Å². The van der Waals surface area contributed by atoms with Gasteiger partial charge in [0.25, 0.3) is 5.89 Å². The molecule has 0 saturated carbocycles. The van der Waals surface area contributed by atoms with Gasteiger partial charge in [-0.3, -0.25) is 0 Å². The average Bonchev–Trinajstić information content (AvgIpc) is 3.16. The summed E-state index contributed by atoms with van der Waals surface area (Å²) in [6.07, 6.45) is 0. The molecule has 102 valence electrons. The van der Waals surface area contributed by atoms with E-state index < -0.39 is 0 Å². The molecule has 3 rings (SSSR count). The van der Waals surface area contributed by atoms with Gasteiger partial charge < -0.3 is 15.0 Å². The summed E-state index contributed by atoms with van der Waals surface area (Å²) in [6.45, 7) is 0.772. The monoisotopic (exact) mass is 287 g/mol. The average molecular weight is 287 g/mol. The van der Waals surface area contributed by atoms with Gasteiger partial charge in [0.05, 0.1) is 4.88 Å². The molecule has 0 saturated heterocycles. The molecule has 0 spiro atoms. The molecule has 5 nitrogen and oxygen atoms in total. The molecule has 1 aromatic carbocycles. The van der Waals surface area contributed by atoms with Crippen molar-refractivity contribution in [3.05, 3.63) is 53.2 Å². The number of nitrogens with zero attached hydrogens (tertiary/aromatic N) is 2. The van der Waals surface area contributed by atoms with Crippen LogP contribution >= 0.6 is 11.3 Å². The van der Waals surface area contributed by atoms with Crippen molar-refractivity contribution in [2.75, 3.05) is 0 Å². The lowest BCUT2D eigenvalue weighted by Crippen LogP contribution is -1.98. The van der Waals surface area contributed by atoms with Crippen LogP contribution in [0.2, 0.25) is 0 Å². The van der Waals surface area contributed by atoms with Crippen molar-refractivity contribution in [3.63, 3.8) is 0 Å². The van der Waals surface area contributed by atoms with Crippen molar-refractivity contribution in [1.82, 2.24) is 10.1 Å². The predicted octanol–water partition coefficient (Wildman–Crippen LogP) is 2.84. The summed E-state index contributed by atoms with van der Waals surface area (Å²) in [5, 5.41) is 5.90. The van der Waals surface area contributed by atoms with E-state index in [1.54, 1.807) is 11.3 Å². The summed E-state index contributed by atoms with van der Waals surface area (Å²) < 4.78 is 10.7. The highest BCUT2D eigenvalue weighted by atomic mass is 32.1. The molecule has 0 atom stereocenters. The molecule has 0 amide bonds. The zero-order valence-electron chi connectivity index (χ0n) is 10.7. The second-order valence-electron chi connectivity index (χ2n) is 4.13. The Bertz CT molecular complexity index is 662. The van der Waals surface area contributed by atoms with Crippen LogP contribution in [-0.2, 0) is 13.2 Å². The van der Waals surface area contributed by atoms with E-state index in [1.807, 2.05) is 41.8 Å². The Labute approximate surface area is 120 Å². The molecule has 20 heavy (non-hydrogen) atoms. The van der Waals surface area contributed by atoms with E-state index in [-0.39, 0.29) is 6.61 Å². The van der Waals surface area contributed by atoms with Gasteiger partial charge in [0.1, 0.15) is 5.75 Å². The zero-order chi connectivity index (χ0) is 13.8. The zero-order valence-corrected chi connectivity index (χ0v) is 11.5. The Kier molecular flexibility index (Phi) is 3.76. The second-order valence-corrected chi connectivity index (χ2v) is 5.07. The van der Waals surface area contributed by atoms with E-state index in [9.17, 15) is 0 Å². The van der Waals surface area contributed by atoms with Crippen molar-refractivity contribution in [2.24, 2.45) is 5.73 Å². The first kappa shape index (κ1) is 12.8. The number of benzene rings is 1. The maximum Gasteiger partial charge on any atom is 0.264 e. The molecule has 0 aliphatic carbocycles. The molecule has 0 bridgehead atoms. The molecule has 0 radical (unpaired) electrons. The topological polar surface area (TPSA) is 74.2 Å². The van der Waals surface area contributed by atoms with Crippen LogP contribution < -0.4 is 10.5 Å². The standard InChI is InChI=1S/C14H13N3O2S/c15-8-10-3-5-11(6-4-10)18-9-13-16-14(17-19-13)12-2-1-7-20-12/h1-7H,8-9,15H2. The van der Waals surface area contributed by atoms with Crippen molar-refractivity contribution in [1.29, 1.82) is 0 Å². The molecule has 0 aliphatic rings. The summed E-state index contributed by atoms with van der Waals surface area (Å²) in [7, 11) is 0. The fourth-order valence-electron chi connectivity index (χ4n) is 1.69. The van der Waals surface area contributed by atoms with Gasteiger partial charge in [-0.15, -0.1) is 11.3 Å². The lowest BCUT2D eigenvalue weighted by atomic mass is 10.2. The largest absolute Gasteiger partial charge is 0.484 e. The summed E-state index contributed by atoms with van der Waals surface area (Å²) >= 11 is 1.57. The Morgan fingerprint density at radius 3 is 2.75 bits per heavy atom. The van der Waals surface area contributed by atoms with Crippen LogP contribution in [-0.4, -0.2) is 10.1 Å². The number of rotatable bonds is 5. The van der Waals surface area contributed by atoms with E-state index in [1.165, 1.54) is 0 Å². The molecule has 2 heterocycles. The van der Waals surface area contributed by atoms with Gasteiger partial charge in [-0.2, -0.15) is 4.98 Å². The maximum atomic E-state index is 5.59. The lowest BCUT2D eigenvalue weighted by Gasteiger charge is -2.03. The molecule has 0 aliphatic heterocycles. The third-order valence-corrected chi connectivity index (χ3v) is 3.60. The number of thiophene rings is 1. The first-order valence-electron chi connectivity index (χ1n) is 6.13. The number of hydrogen-bond donors (Lipinski definition) is 1. The Hall–Kier alpha value is -2.18.